The lowest BCUT2D eigenvalue weighted by Crippen LogP contribution is -2.44. The van der Waals surface area contributed by atoms with Crippen LogP contribution in [0.15, 0.2) is 60.9 Å². The number of carbonyl (C=O) groups is 3. The molecule has 2 unspecified atom stereocenters. The second kappa shape index (κ2) is 9.25. The van der Waals surface area contributed by atoms with E-state index in [1.54, 1.807) is 42.6 Å². The maximum Gasteiger partial charge on any atom is 0.255 e. The van der Waals surface area contributed by atoms with Gasteiger partial charge in [-0.25, -0.2) is 4.98 Å². The van der Waals surface area contributed by atoms with E-state index < -0.39 is 12.1 Å². The molecule has 1 aliphatic carbocycles. The predicted octanol–water partition coefficient (Wildman–Crippen LogP) is 2.11. The smallest absolute Gasteiger partial charge is 0.255 e. The summed E-state index contributed by atoms with van der Waals surface area (Å²) in [6, 6.07) is 13.4. The minimum atomic E-state index is -0.717. The van der Waals surface area contributed by atoms with Crippen LogP contribution in [-0.4, -0.2) is 51.9 Å². The first-order valence-electron chi connectivity index (χ1n) is 11.6. The maximum atomic E-state index is 13.2. The van der Waals surface area contributed by atoms with Crippen LogP contribution in [0.3, 0.4) is 0 Å². The second-order valence-corrected chi connectivity index (χ2v) is 8.82. The number of aryl methyl sites for hydroxylation is 1. The Morgan fingerprint density at radius 1 is 1.14 bits per heavy atom. The van der Waals surface area contributed by atoms with Crippen molar-refractivity contribution < 1.29 is 19.1 Å². The van der Waals surface area contributed by atoms with E-state index in [2.05, 4.69) is 15.6 Å². The Balaban J connectivity index is 1.30. The highest BCUT2D eigenvalue weighted by atomic mass is 16.5. The minimum absolute atomic E-state index is 0.0716. The molecule has 9 nitrogen and oxygen atoms in total. The summed E-state index contributed by atoms with van der Waals surface area (Å²) in [5.74, 6) is 0.519. The monoisotopic (exact) mass is 473 g/mol. The third-order valence-corrected chi connectivity index (χ3v) is 6.48. The SMILES string of the molecule is COc1ccc(C(NC(=O)CNC(=O)C2c3ccccc3C(=O)N2C2CC2)c2nccn2C)cc1. The fourth-order valence-electron chi connectivity index (χ4n) is 4.56. The number of aromatic nitrogens is 2. The number of fused-ring (bicyclic) bond motifs is 1. The van der Waals surface area contributed by atoms with Crippen LogP contribution in [-0.2, 0) is 16.6 Å². The number of ether oxygens (including phenoxy) is 1. The molecule has 180 valence electrons. The minimum Gasteiger partial charge on any atom is -0.497 e. The van der Waals surface area contributed by atoms with Crippen LogP contribution in [0.5, 0.6) is 5.75 Å². The van der Waals surface area contributed by atoms with Crippen molar-refractivity contribution in [1.82, 2.24) is 25.1 Å². The van der Waals surface area contributed by atoms with Crippen LogP contribution in [0.2, 0.25) is 0 Å². The Bertz CT molecular complexity index is 1260. The van der Waals surface area contributed by atoms with Crippen LogP contribution in [0.25, 0.3) is 0 Å². The van der Waals surface area contributed by atoms with Crippen molar-refractivity contribution in [3.05, 3.63) is 83.4 Å². The van der Waals surface area contributed by atoms with Crippen molar-refractivity contribution in [3.63, 3.8) is 0 Å². The highest BCUT2D eigenvalue weighted by Gasteiger charge is 2.47. The Labute approximate surface area is 203 Å². The van der Waals surface area contributed by atoms with Crippen molar-refractivity contribution in [1.29, 1.82) is 0 Å². The van der Waals surface area contributed by atoms with Gasteiger partial charge in [0.05, 0.1) is 13.7 Å². The third kappa shape index (κ3) is 4.37. The molecule has 0 bridgehead atoms. The highest BCUT2D eigenvalue weighted by molar-refractivity contribution is 6.05. The summed E-state index contributed by atoms with van der Waals surface area (Å²) in [5, 5.41) is 5.72. The van der Waals surface area contributed by atoms with Crippen LogP contribution >= 0.6 is 0 Å². The lowest BCUT2D eigenvalue weighted by atomic mass is 10.0. The van der Waals surface area contributed by atoms with E-state index in [-0.39, 0.29) is 30.3 Å². The van der Waals surface area contributed by atoms with Gasteiger partial charge in [0.1, 0.15) is 23.7 Å². The van der Waals surface area contributed by atoms with E-state index in [4.69, 9.17) is 4.74 Å². The first-order chi connectivity index (χ1) is 17.0. The summed E-state index contributed by atoms with van der Waals surface area (Å²) in [6.45, 7) is -0.221. The summed E-state index contributed by atoms with van der Waals surface area (Å²) in [6.07, 6.45) is 5.25. The molecule has 2 aliphatic rings. The maximum absolute atomic E-state index is 13.2. The van der Waals surface area contributed by atoms with E-state index >= 15 is 0 Å². The number of nitrogens with zero attached hydrogens (tertiary/aromatic N) is 3. The van der Waals surface area contributed by atoms with Crippen molar-refractivity contribution in [2.45, 2.75) is 31.0 Å². The molecule has 35 heavy (non-hydrogen) atoms. The normalized spacial score (nSPS) is 17.6. The predicted molar refractivity (Wildman–Crippen MR) is 128 cm³/mol. The van der Waals surface area contributed by atoms with Crippen LogP contribution < -0.4 is 15.4 Å². The number of imidazole rings is 1. The van der Waals surface area contributed by atoms with Gasteiger partial charge in [0.15, 0.2) is 0 Å². The Kier molecular flexibility index (Phi) is 5.98. The summed E-state index contributed by atoms with van der Waals surface area (Å²) >= 11 is 0. The molecule has 1 aliphatic heterocycles. The van der Waals surface area contributed by atoms with Gasteiger partial charge < -0.3 is 24.8 Å². The number of methoxy groups -OCH3 is 1. The van der Waals surface area contributed by atoms with Crippen molar-refractivity contribution in [2.24, 2.45) is 7.05 Å². The summed E-state index contributed by atoms with van der Waals surface area (Å²) < 4.78 is 7.07. The topological polar surface area (TPSA) is 106 Å². The van der Waals surface area contributed by atoms with E-state index in [0.29, 0.717) is 22.7 Å². The summed E-state index contributed by atoms with van der Waals surface area (Å²) in [5.41, 5.74) is 2.07. The van der Waals surface area contributed by atoms with E-state index in [9.17, 15) is 14.4 Å². The Morgan fingerprint density at radius 3 is 2.54 bits per heavy atom. The summed E-state index contributed by atoms with van der Waals surface area (Å²) in [7, 11) is 3.45. The number of nitrogens with one attached hydrogen (secondary N) is 2. The van der Waals surface area contributed by atoms with E-state index in [1.165, 1.54) is 0 Å². The fourth-order valence-corrected chi connectivity index (χ4v) is 4.56. The van der Waals surface area contributed by atoms with E-state index in [1.807, 2.05) is 41.9 Å². The lowest BCUT2D eigenvalue weighted by Gasteiger charge is -2.24. The molecule has 2 aromatic carbocycles. The highest BCUT2D eigenvalue weighted by Crippen LogP contribution is 2.41. The summed E-state index contributed by atoms with van der Waals surface area (Å²) in [4.78, 5) is 45.1. The van der Waals surface area contributed by atoms with Gasteiger partial charge in [-0.05, 0) is 42.2 Å². The number of carbonyl (C=O) groups excluding carboxylic acids is 3. The number of hydrogen-bond acceptors (Lipinski definition) is 5. The first-order valence-corrected chi connectivity index (χ1v) is 11.6. The van der Waals surface area contributed by atoms with Gasteiger partial charge in [-0.1, -0.05) is 30.3 Å². The average molecular weight is 474 g/mol. The molecule has 2 heterocycles. The molecule has 5 rings (SSSR count). The Hall–Kier alpha value is -4.14. The van der Waals surface area contributed by atoms with Gasteiger partial charge >= 0.3 is 0 Å². The van der Waals surface area contributed by atoms with Crippen LogP contribution in [0.4, 0.5) is 0 Å². The third-order valence-electron chi connectivity index (χ3n) is 6.48. The van der Waals surface area contributed by atoms with Gasteiger partial charge in [-0.3, -0.25) is 14.4 Å². The van der Waals surface area contributed by atoms with Gasteiger partial charge in [-0.15, -0.1) is 0 Å². The molecule has 2 N–H and O–H groups in total. The molecular formula is C26H27N5O4. The molecule has 1 aromatic heterocycles. The quantitative estimate of drug-likeness (QED) is 0.521. The van der Waals surface area contributed by atoms with Crippen LogP contribution in [0, 0.1) is 0 Å². The zero-order chi connectivity index (χ0) is 24.5. The molecule has 1 saturated carbocycles. The zero-order valence-electron chi connectivity index (χ0n) is 19.6. The molecule has 0 spiro atoms. The number of benzene rings is 2. The largest absolute Gasteiger partial charge is 0.497 e. The average Bonchev–Trinajstić information content (AvgIpc) is 3.56. The molecule has 3 amide bonds. The molecular weight excluding hydrogens is 446 g/mol. The number of hydrogen-bond donors (Lipinski definition) is 2. The van der Waals surface area contributed by atoms with Gasteiger partial charge in [0.2, 0.25) is 11.8 Å². The number of amides is 3. The first kappa shape index (κ1) is 22.6. The Morgan fingerprint density at radius 2 is 1.89 bits per heavy atom. The molecule has 1 fully saturated rings. The van der Waals surface area contributed by atoms with Crippen molar-refractivity contribution >= 4 is 17.7 Å². The molecule has 2 atom stereocenters. The van der Waals surface area contributed by atoms with Gasteiger partial charge in [0.25, 0.3) is 5.91 Å². The van der Waals surface area contributed by atoms with Gasteiger partial charge in [0, 0.05) is 31.0 Å². The fraction of sp³-hybridized carbons (Fsp3) is 0.308. The standard InChI is InChI=1S/C26H27N5O4/c1-30-14-13-27-24(30)22(16-7-11-18(35-2)12-8-16)29-21(32)15-28-25(33)23-19-5-3-4-6-20(19)26(34)31(23)17-9-10-17/h3-8,11-14,17,22-23H,9-10,15H2,1-2H3,(H,28,33)(H,29,32). The van der Waals surface area contributed by atoms with Gasteiger partial charge in [-0.2, -0.15) is 0 Å². The molecule has 3 aromatic rings. The molecule has 9 heteroatoms. The second-order valence-electron chi connectivity index (χ2n) is 8.82. The van der Waals surface area contributed by atoms with E-state index in [0.717, 1.165) is 18.4 Å². The lowest BCUT2D eigenvalue weighted by molar-refractivity contribution is -0.129. The molecule has 0 saturated heterocycles. The van der Waals surface area contributed by atoms with Crippen molar-refractivity contribution in [2.75, 3.05) is 13.7 Å². The molecule has 0 radical (unpaired) electrons. The number of rotatable bonds is 8. The zero-order valence-corrected chi connectivity index (χ0v) is 19.6. The van der Waals surface area contributed by atoms with Crippen molar-refractivity contribution in [3.8, 4) is 5.75 Å². The van der Waals surface area contributed by atoms with Crippen LogP contribution in [0.1, 0.15) is 52.2 Å².